The fourth-order valence-electron chi connectivity index (χ4n) is 3.21. The number of esters is 1. The molecular weight excluding hydrogens is 392 g/mol. The smallest absolute Gasteiger partial charge is 0.407 e. The monoisotopic (exact) mass is 416 g/mol. The van der Waals surface area contributed by atoms with Crippen LogP contribution in [0.5, 0.6) is 0 Å². The second kappa shape index (κ2) is 9.02. The molecule has 2 N–H and O–H groups in total. The van der Waals surface area contributed by atoms with Gasteiger partial charge in [-0.1, -0.05) is 40.6 Å². The quantitative estimate of drug-likeness (QED) is 0.304. The van der Waals surface area contributed by atoms with E-state index in [2.05, 4.69) is 0 Å². The van der Waals surface area contributed by atoms with Gasteiger partial charge in [-0.3, -0.25) is 0 Å². The van der Waals surface area contributed by atoms with Gasteiger partial charge in [0.05, 0.1) is 16.9 Å². The van der Waals surface area contributed by atoms with Crippen LogP contribution < -0.4 is 10.5 Å². The Kier molecular flexibility index (Phi) is 6.94. The van der Waals surface area contributed by atoms with Gasteiger partial charge >= 0.3 is 11.7 Å². The normalized spacial score (nSPS) is 10.9. The number of fused-ring (bicyclic) bond motifs is 1. The molecule has 29 heavy (non-hydrogen) atoms. The molecule has 8 heteroatoms. The number of rotatable bonds is 3. The molecule has 1 aromatic heterocycles. The maximum atomic E-state index is 11.8. The molecule has 2 aromatic carbocycles. The number of ether oxygens (including phenoxy) is 1. The number of benzene rings is 2. The van der Waals surface area contributed by atoms with Crippen molar-refractivity contribution >= 4 is 26.9 Å². The van der Waals surface area contributed by atoms with Gasteiger partial charge in [-0.05, 0) is 50.3 Å². The Morgan fingerprint density at radius 1 is 1.10 bits per heavy atom. The van der Waals surface area contributed by atoms with Crippen molar-refractivity contribution < 1.29 is 27.2 Å². The lowest BCUT2D eigenvalue weighted by molar-refractivity contribution is -0.640. The molecule has 0 saturated heterocycles. The van der Waals surface area contributed by atoms with Crippen molar-refractivity contribution in [1.29, 1.82) is 0 Å². The molecule has 3 rings (SSSR count). The number of nitrogens with two attached hydrogens (primary N) is 1. The Labute approximate surface area is 170 Å². The summed E-state index contributed by atoms with van der Waals surface area (Å²) in [6.07, 6.45) is 1.65. The molecule has 0 saturated carbocycles. The molecule has 0 unspecified atom stereocenters. The highest BCUT2D eigenvalue weighted by molar-refractivity contribution is 7.85. The van der Waals surface area contributed by atoms with Gasteiger partial charge in [0.25, 0.3) is 0 Å². The Balaban J connectivity index is 0.000000212. The number of aryl methyl sites for hydroxylation is 3. The zero-order valence-corrected chi connectivity index (χ0v) is 17.6. The van der Waals surface area contributed by atoms with Gasteiger partial charge in [-0.25, -0.2) is 19.1 Å². The predicted octanol–water partition coefficient (Wildman–Crippen LogP) is 2.53. The van der Waals surface area contributed by atoms with Gasteiger partial charge in [-0.2, -0.15) is 0 Å². The van der Waals surface area contributed by atoms with E-state index in [9.17, 15) is 17.8 Å². The molecule has 7 nitrogen and oxygen atoms in total. The molecular formula is C21H24N2O5S. The van der Waals surface area contributed by atoms with Crippen molar-refractivity contribution in [2.24, 2.45) is 0 Å². The number of hydrogen-bond acceptors (Lipinski definition) is 6. The second-order valence-corrected chi connectivity index (χ2v) is 7.88. The Morgan fingerprint density at radius 3 is 2.24 bits per heavy atom. The first-order valence-corrected chi connectivity index (χ1v) is 10.4. The van der Waals surface area contributed by atoms with E-state index in [1.165, 1.54) is 4.68 Å². The minimum Gasteiger partial charge on any atom is -0.744 e. The van der Waals surface area contributed by atoms with Crippen LogP contribution in [0, 0.1) is 20.8 Å². The van der Waals surface area contributed by atoms with E-state index >= 15 is 0 Å². The third-order valence-electron chi connectivity index (χ3n) is 4.21. The topological polar surface area (TPSA) is 113 Å². The first-order chi connectivity index (χ1) is 13.6. The molecule has 0 amide bonds. The zero-order chi connectivity index (χ0) is 21.8. The molecule has 0 fully saturated rings. The lowest BCUT2D eigenvalue weighted by atomic mass is 10.1. The number of pyridine rings is 1. The third-order valence-corrected chi connectivity index (χ3v) is 5.36. The summed E-state index contributed by atoms with van der Waals surface area (Å²) in [5.74, 6) is 5.33. The average molecular weight is 416 g/mol. The van der Waals surface area contributed by atoms with Crippen LogP contribution in [0.4, 0.5) is 0 Å². The van der Waals surface area contributed by atoms with Crippen LogP contribution in [0.3, 0.4) is 0 Å². The van der Waals surface area contributed by atoms with Crippen molar-refractivity contribution in [1.82, 2.24) is 0 Å². The minimum absolute atomic E-state index is 0.0851. The summed E-state index contributed by atoms with van der Waals surface area (Å²) >= 11 is 0. The SMILES string of the molecule is CCOC(=O)c1c2ccccc2cc[n+]1N.Cc1cc(C)c(S(=O)(=O)[O-])c(C)c1. The summed E-state index contributed by atoms with van der Waals surface area (Å²) < 4.78 is 38.8. The van der Waals surface area contributed by atoms with Crippen molar-refractivity contribution in [2.45, 2.75) is 32.6 Å². The van der Waals surface area contributed by atoms with E-state index in [1.807, 2.05) is 37.3 Å². The molecule has 3 aromatic rings. The fourth-order valence-corrected chi connectivity index (χ4v) is 4.11. The van der Waals surface area contributed by atoms with Crippen LogP contribution in [0.2, 0.25) is 0 Å². The Hall–Kier alpha value is -2.97. The number of carbonyl (C=O) groups is 1. The Bertz CT molecular complexity index is 1130. The van der Waals surface area contributed by atoms with E-state index in [-0.39, 0.29) is 4.90 Å². The van der Waals surface area contributed by atoms with Gasteiger partial charge in [-0.15, -0.1) is 0 Å². The van der Waals surface area contributed by atoms with Crippen LogP contribution >= 0.6 is 0 Å². The molecule has 0 aliphatic rings. The van der Waals surface area contributed by atoms with Crippen molar-refractivity contribution in [3.05, 3.63) is 71.0 Å². The van der Waals surface area contributed by atoms with Crippen molar-refractivity contribution in [2.75, 3.05) is 12.4 Å². The highest BCUT2D eigenvalue weighted by Gasteiger charge is 2.23. The lowest BCUT2D eigenvalue weighted by Crippen LogP contribution is -2.49. The van der Waals surface area contributed by atoms with E-state index in [1.54, 1.807) is 39.1 Å². The fraction of sp³-hybridized carbons (Fsp3) is 0.238. The van der Waals surface area contributed by atoms with E-state index in [4.69, 9.17) is 10.6 Å². The number of carbonyl (C=O) groups excluding carboxylic acids is 1. The molecule has 154 valence electrons. The summed E-state index contributed by atoms with van der Waals surface area (Å²) in [4.78, 5) is 11.7. The molecule has 0 atom stereocenters. The van der Waals surface area contributed by atoms with E-state index in [0.717, 1.165) is 16.3 Å². The average Bonchev–Trinajstić information content (AvgIpc) is 2.60. The van der Waals surface area contributed by atoms with Gasteiger partial charge < -0.3 is 9.29 Å². The molecule has 0 spiro atoms. The second-order valence-electron chi connectivity index (χ2n) is 6.56. The largest absolute Gasteiger partial charge is 0.744 e. The van der Waals surface area contributed by atoms with Crippen molar-refractivity contribution in [3.63, 3.8) is 0 Å². The van der Waals surface area contributed by atoms with Crippen LogP contribution in [0.25, 0.3) is 10.8 Å². The Morgan fingerprint density at radius 2 is 1.69 bits per heavy atom. The molecule has 0 aliphatic heterocycles. The van der Waals surface area contributed by atoms with Gasteiger partial charge in [0.2, 0.25) is 6.20 Å². The number of hydrogen-bond donors (Lipinski definition) is 1. The third kappa shape index (κ3) is 5.30. The van der Waals surface area contributed by atoms with Crippen LogP contribution in [0.1, 0.15) is 34.1 Å². The van der Waals surface area contributed by atoms with Crippen LogP contribution in [-0.2, 0) is 14.9 Å². The standard InChI is InChI=1S/C12H12N2O2.C9H12O3S/c1-2-16-12(15)11-10-6-4-3-5-9(10)7-8-14(11)13;1-6-4-7(2)9(8(3)5-6)13(10,11)12/h3-8H,2H2,1H3,(H-,13,15);4-5H,1-3H3,(H,10,11,12). The maximum Gasteiger partial charge on any atom is 0.407 e. The summed E-state index contributed by atoms with van der Waals surface area (Å²) in [6, 6.07) is 12.8. The zero-order valence-electron chi connectivity index (χ0n) is 16.8. The number of nitrogen functional groups attached to an aromatic ring is 1. The molecule has 0 bridgehead atoms. The van der Waals surface area contributed by atoms with Gasteiger partial charge in [0.1, 0.15) is 10.1 Å². The van der Waals surface area contributed by atoms with Crippen LogP contribution in [0.15, 0.2) is 53.6 Å². The highest BCUT2D eigenvalue weighted by Crippen LogP contribution is 2.21. The first-order valence-electron chi connectivity index (χ1n) is 8.95. The maximum absolute atomic E-state index is 11.8. The summed E-state index contributed by atoms with van der Waals surface area (Å²) in [5, 5.41) is 1.76. The van der Waals surface area contributed by atoms with Crippen LogP contribution in [-0.4, -0.2) is 25.5 Å². The van der Waals surface area contributed by atoms with E-state index in [0.29, 0.717) is 23.4 Å². The summed E-state index contributed by atoms with van der Waals surface area (Å²) in [7, 11) is -4.33. The van der Waals surface area contributed by atoms with Crippen molar-refractivity contribution in [3.8, 4) is 0 Å². The van der Waals surface area contributed by atoms with Gasteiger partial charge in [0, 0.05) is 6.07 Å². The molecule has 0 aliphatic carbocycles. The minimum atomic E-state index is -4.33. The van der Waals surface area contributed by atoms with Gasteiger partial charge in [0.15, 0.2) is 0 Å². The highest BCUT2D eigenvalue weighted by atomic mass is 32.2. The number of nitrogens with zero attached hydrogens (tertiary/aromatic N) is 1. The predicted molar refractivity (Wildman–Crippen MR) is 109 cm³/mol. The molecule has 0 radical (unpaired) electrons. The summed E-state index contributed by atoms with van der Waals surface area (Å²) in [6.45, 7) is 7.22. The number of aromatic nitrogens is 1. The lowest BCUT2D eigenvalue weighted by Gasteiger charge is -2.14. The molecule has 1 heterocycles. The first kappa shape index (κ1) is 22.3. The van der Waals surface area contributed by atoms with E-state index < -0.39 is 16.1 Å². The summed E-state index contributed by atoms with van der Waals surface area (Å²) in [5.41, 5.74) is 2.38.